The molecule has 0 amide bonds. The van der Waals surface area contributed by atoms with Crippen LogP contribution in [-0.2, 0) is 5.92 Å². The summed E-state index contributed by atoms with van der Waals surface area (Å²) in [4.78, 5) is 8.16. The summed E-state index contributed by atoms with van der Waals surface area (Å²) in [6.45, 7) is 7.24. The van der Waals surface area contributed by atoms with E-state index in [0.29, 0.717) is 17.3 Å². The smallest absolute Gasteiger partial charge is 0.293 e. The van der Waals surface area contributed by atoms with Gasteiger partial charge in [0.05, 0.1) is 11.1 Å². The minimum Gasteiger partial charge on any atom is -0.367 e. The zero-order valence-corrected chi connectivity index (χ0v) is 11.5. The van der Waals surface area contributed by atoms with E-state index in [1.54, 1.807) is 12.1 Å². The Labute approximate surface area is 116 Å². The molecule has 2 rings (SSSR count). The van der Waals surface area contributed by atoms with Crippen LogP contribution in [0.4, 0.5) is 14.6 Å². The van der Waals surface area contributed by atoms with E-state index in [9.17, 15) is 8.78 Å². The monoisotopic (exact) mass is 277 g/mol. The van der Waals surface area contributed by atoms with Gasteiger partial charge in [0.2, 0.25) is 0 Å². The van der Waals surface area contributed by atoms with Crippen LogP contribution in [0.1, 0.15) is 25.8 Å². The second-order valence-electron chi connectivity index (χ2n) is 4.70. The lowest BCUT2D eigenvalue weighted by Gasteiger charge is -2.17. The van der Waals surface area contributed by atoms with E-state index < -0.39 is 5.92 Å². The van der Waals surface area contributed by atoms with E-state index >= 15 is 0 Å². The Bertz CT molecular complexity index is 626. The number of fused-ring (bicyclic) bond motifs is 1. The number of para-hydroxylation sites is 1. The Morgan fingerprint density at radius 2 is 2.15 bits per heavy atom. The minimum absolute atomic E-state index is 0.153. The van der Waals surface area contributed by atoms with Gasteiger partial charge in [0, 0.05) is 11.4 Å². The molecule has 0 fully saturated rings. The van der Waals surface area contributed by atoms with Crippen LogP contribution < -0.4 is 5.32 Å². The van der Waals surface area contributed by atoms with E-state index in [1.807, 2.05) is 13.8 Å². The Kier molecular flexibility index (Phi) is 3.97. The number of hydrogen-bond donors (Lipinski definition) is 1. The first-order chi connectivity index (χ1) is 9.49. The van der Waals surface area contributed by atoms with Crippen molar-refractivity contribution in [3.8, 4) is 0 Å². The maximum absolute atomic E-state index is 13.9. The van der Waals surface area contributed by atoms with Gasteiger partial charge in [-0.25, -0.2) is 9.97 Å². The van der Waals surface area contributed by atoms with Crippen LogP contribution in [0.3, 0.4) is 0 Å². The number of nitrogens with one attached hydrogen (secondary N) is 1. The molecule has 0 aliphatic carbocycles. The summed E-state index contributed by atoms with van der Waals surface area (Å²) in [6, 6.07) is 4.89. The van der Waals surface area contributed by atoms with Crippen molar-refractivity contribution in [3.05, 3.63) is 42.7 Å². The summed E-state index contributed by atoms with van der Waals surface area (Å²) >= 11 is 0. The molecule has 2 aromatic rings. The number of hydrogen-bond acceptors (Lipinski definition) is 3. The molecule has 0 unspecified atom stereocenters. The van der Waals surface area contributed by atoms with Gasteiger partial charge in [-0.2, -0.15) is 8.78 Å². The highest BCUT2D eigenvalue weighted by atomic mass is 19.3. The molecule has 1 heterocycles. The number of anilines is 1. The number of alkyl halides is 2. The highest BCUT2D eigenvalue weighted by Crippen LogP contribution is 2.34. The fraction of sp³-hybridized carbons (Fsp3) is 0.333. The number of benzene rings is 1. The molecular weight excluding hydrogens is 260 g/mol. The molecular formula is C15H17F2N3. The summed E-state index contributed by atoms with van der Waals surface area (Å²) in [5, 5.41) is 3.80. The second-order valence-corrected chi connectivity index (χ2v) is 4.70. The summed E-state index contributed by atoms with van der Waals surface area (Å²) in [7, 11) is 0. The topological polar surface area (TPSA) is 37.8 Å². The number of nitrogens with zero attached hydrogens (tertiary/aromatic N) is 2. The first-order valence-electron chi connectivity index (χ1n) is 6.51. The zero-order chi connectivity index (χ0) is 14.8. The van der Waals surface area contributed by atoms with Crippen molar-refractivity contribution < 1.29 is 8.78 Å². The molecule has 0 aliphatic heterocycles. The van der Waals surface area contributed by atoms with Crippen LogP contribution in [-0.4, -0.2) is 16.0 Å². The summed E-state index contributed by atoms with van der Waals surface area (Å²) < 4.78 is 27.8. The number of allylic oxidation sites excluding steroid dienone is 1. The Balaban J connectivity index is 2.60. The van der Waals surface area contributed by atoms with E-state index in [2.05, 4.69) is 21.9 Å². The van der Waals surface area contributed by atoms with Gasteiger partial charge in [0.25, 0.3) is 5.92 Å². The first-order valence-corrected chi connectivity index (χ1v) is 6.51. The average molecular weight is 277 g/mol. The Morgan fingerprint density at radius 1 is 1.40 bits per heavy atom. The normalized spacial score (nSPS) is 13.2. The number of rotatable bonds is 5. The van der Waals surface area contributed by atoms with Crippen LogP contribution in [0.25, 0.3) is 10.9 Å². The maximum atomic E-state index is 13.9. The van der Waals surface area contributed by atoms with Crippen molar-refractivity contribution in [1.82, 2.24) is 9.97 Å². The molecule has 0 radical (unpaired) electrons. The summed E-state index contributed by atoms with van der Waals surface area (Å²) in [5.74, 6) is -2.53. The van der Waals surface area contributed by atoms with E-state index in [0.717, 1.165) is 6.42 Å². The molecule has 0 spiro atoms. The van der Waals surface area contributed by atoms with Crippen molar-refractivity contribution in [2.75, 3.05) is 5.32 Å². The van der Waals surface area contributed by atoms with Gasteiger partial charge < -0.3 is 5.32 Å². The summed E-state index contributed by atoms with van der Waals surface area (Å²) in [6.07, 6.45) is 2.84. The molecule has 20 heavy (non-hydrogen) atoms. The molecule has 0 bridgehead atoms. The van der Waals surface area contributed by atoms with Crippen molar-refractivity contribution in [3.63, 3.8) is 0 Å². The third-order valence-electron chi connectivity index (χ3n) is 3.28. The standard InChI is InChI=1S/C15H17F2N3/c1-4-10(3)20-14-11-7-6-8-12(15(16,17)5-2)13(11)18-9-19-14/h5-10H,2,4H2,1,3H3,(H,18,19,20)/t10-/m0/s1. The van der Waals surface area contributed by atoms with Crippen LogP contribution in [0.15, 0.2) is 37.2 Å². The largest absolute Gasteiger partial charge is 0.367 e. The third kappa shape index (κ3) is 2.61. The van der Waals surface area contributed by atoms with Gasteiger partial charge in [-0.1, -0.05) is 25.6 Å². The van der Waals surface area contributed by atoms with Crippen LogP contribution in [0, 0.1) is 0 Å². The minimum atomic E-state index is -3.11. The lowest BCUT2D eigenvalue weighted by Crippen LogP contribution is -2.16. The fourth-order valence-electron chi connectivity index (χ4n) is 1.92. The zero-order valence-electron chi connectivity index (χ0n) is 11.5. The predicted octanol–water partition coefficient (Wildman–Crippen LogP) is 4.12. The average Bonchev–Trinajstić information content (AvgIpc) is 2.46. The fourth-order valence-corrected chi connectivity index (χ4v) is 1.92. The molecule has 0 saturated carbocycles. The third-order valence-corrected chi connectivity index (χ3v) is 3.28. The van der Waals surface area contributed by atoms with Crippen molar-refractivity contribution in [1.29, 1.82) is 0 Å². The van der Waals surface area contributed by atoms with Gasteiger partial charge in [0.1, 0.15) is 12.1 Å². The van der Waals surface area contributed by atoms with Crippen molar-refractivity contribution in [2.24, 2.45) is 0 Å². The molecule has 0 aliphatic rings. The highest BCUT2D eigenvalue weighted by molar-refractivity contribution is 5.91. The Hall–Kier alpha value is -2.04. The van der Waals surface area contributed by atoms with Crippen LogP contribution in [0.2, 0.25) is 0 Å². The molecule has 5 heteroatoms. The van der Waals surface area contributed by atoms with Gasteiger partial charge in [-0.05, 0) is 25.5 Å². The number of halogens is 2. The maximum Gasteiger partial charge on any atom is 0.293 e. The lowest BCUT2D eigenvalue weighted by molar-refractivity contribution is 0.0540. The van der Waals surface area contributed by atoms with Crippen LogP contribution >= 0.6 is 0 Å². The molecule has 106 valence electrons. The lowest BCUT2D eigenvalue weighted by atomic mass is 10.0. The second kappa shape index (κ2) is 5.53. The van der Waals surface area contributed by atoms with Gasteiger partial charge in [-0.3, -0.25) is 0 Å². The Morgan fingerprint density at radius 3 is 2.80 bits per heavy atom. The predicted molar refractivity (Wildman–Crippen MR) is 77.0 cm³/mol. The molecule has 1 atom stereocenters. The van der Waals surface area contributed by atoms with Gasteiger partial charge in [0.15, 0.2) is 0 Å². The van der Waals surface area contributed by atoms with E-state index in [1.165, 1.54) is 12.4 Å². The quantitative estimate of drug-likeness (QED) is 0.835. The molecule has 1 aromatic heterocycles. The summed E-state index contributed by atoms with van der Waals surface area (Å²) in [5.41, 5.74) is 0.0952. The molecule has 3 nitrogen and oxygen atoms in total. The highest BCUT2D eigenvalue weighted by Gasteiger charge is 2.30. The number of aromatic nitrogens is 2. The van der Waals surface area contributed by atoms with Crippen LogP contribution in [0.5, 0.6) is 0 Å². The van der Waals surface area contributed by atoms with Gasteiger partial charge >= 0.3 is 0 Å². The first kappa shape index (κ1) is 14.4. The van der Waals surface area contributed by atoms with E-state index in [4.69, 9.17) is 0 Å². The van der Waals surface area contributed by atoms with Gasteiger partial charge in [-0.15, -0.1) is 0 Å². The van der Waals surface area contributed by atoms with Crippen molar-refractivity contribution >= 4 is 16.7 Å². The van der Waals surface area contributed by atoms with Crippen molar-refractivity contribution in [2.45, 2.75) is 32.2 Å². The molecule has 0 saturated heterocycles. The van der Waals surface area contributed by atoms with E-state index in [-0.39, 0.29) is 17.1 Å². The SMILES string of the molecule is C=CC(F)(F)c1cccc2c(N[C@@H](C)CC)ncnc12. The molecule has 1 N–H and O–H groups in total. The molecule has 1 aromatic carbocycles.